The number of primary amides is 1. The zero-order valence-electron chi connectivity index (χ0n) is 11.0. The molecule has 0 bridgehead atoms. The highest BCUT2D eigenvalue weighted by Crippen LogP contribution is 2.03. The van der Waals surface area contributed by atoms with Crippen LogP contribution in [0.5, 0.6) is 0 Å². The maximum atomic E-state index is 11.8. The first-order valence-corrected chi connectivity index (χ1v) is 6.19. The zero-order valence-corrected chi connectivity index (χ0v) is 11.0. The molecule has 0 aliphatic carbocycles. The molecule has 4 N–H and O–H groups in total. The summed E-state index contributed by atoms with van der Waals surface area (Å²) < 4.78 is 0. The third-order valence-corrected chi connectivity index (χ3v) is 3.07. The highest BCUT2D eigenvalue weighted by Gasteiger charge is 2.23. The molecular formula is C11H20N4O4. The lowest BCUT2D eigenvalue weighted by atomic mass is 10.3. The summed E-state index contributed by atoms with van der Waals surface area (Å²) in [6.45, 7) is 4.30. The molecule has 1 saturated heterocycles. The van der Waals surface area contributed by atoms with E-state index in [4.69, 9.17) is 10.8 Å². The van der Waals surface area contributed by atoms with Crippen LogP contribution in [0.3, 0.4) is 0 Å². The molecule has 108 valence electrons. The number of carbonyl (C=O) groups is 3. The number of aliphatic carboxylic acids is 1. The molecule has 1 atom stereocenters. The van der Waals surface area contributed by atoms with Gasteiger partial charge in [0.1, 0.15) is 6.04 Å². The first-order chi connectivity index (χ1) is 8.90. The molecule has 0 radical (unpaired) electrons. The van der Waals surface area contributed by atoms with Crippen LogP contribution in [0.15, 0.2) is 0 Å². The van der Waals surface area contributed by atoms with Crippen molar-refractivity contribution in [1.82, 2.24) is 15.1 Å². The smallest absolute Gasteiger partial charge is 0.318 e. The number of amides is 3. The van der Waals surface area contributed by atoms with Gasteiger partial charge in [-0.25, -0.2) is 4.79 Å². The number of hydrogen-bond donors (Lipinski definition) is 3. The van der Waals surface area contributed by atoms with Crippen molar-refractivity contribution >= 4 is 17.9 Å². The molecule has 0 aromatic heterocycles. The highest BCUT2D eigenvalue weighted by molar-refractivity contribution is 5.85. The van der Waals surface area contributed by atoms with Crippen LogP contribution in [0.2, 0.25) is 0 Å². The largest absolute Gasteiger partial charge is 0.481 e. The summed E-state index contributed by atoms with van der Waals surface area (Å²) in [5.74, 6) is -1.40. The van der Waals surface area contributed by atoms with Crippen LogP contribution in [0.4, 0.5) is 4.79 Å². The molecule has 1 fully saturated rings. The van der Waals surface area contributed by atoms with Gasteiger partial charge in [0.2, 0.25) is 5.91 Å². The summed E-state index contributed by atoms with van der Waals surface area (Å²) >= 11 is 0. The molecule has 0 saturated carbocycles. The molecule has 3 amide bonds. The van der Waals surface area contributed by atoms with Crippen molar-refractivity contribution in [3.63, 3.8) is 0 Å². The second kappa shape index (κ2) is 6.93. The molecule has 0 aromatic rings. The molecule has 8 heteroatoms. The van der Waals surface area contributed by atoms with Crippen LogP contribution in [0.25, 0.3) is 0 Å². The van der Waals surface area contributed by atoms with Crippen LogP contribution in [-0.2, 0) is 9.59 Å². The Labute approximate surface area is 111 Å². The Morgan fingerprint density at radius 3 is 2.32 bits per heavy atom. The SMILES string of the molecule is CC(NC(=O)N1CCN(CCC(=O)O)CC1)C(N)=O. The Bertz CT molecular complexity index is 353. The van der Waals surface area contributed by atoms with Crippen molar-refractivity contribution in [2.45, 2.75) is 19.4 Å². The molecule has 19 heavy (non-hydrogen) atoms. The van der Waals surface area contributed by atoms with Gasteiger partial charge >= 0.3 is 12.0 Å². The second-order valence-corrected chi connectivity index (χ2v) is 4.55. The van der Waals surface area contributed by atoms with E-state index in [1.165, 1.54) is 6.92 Å². The fourth-order valence-corrected chi connectivity index (χ4v) is 1.78. The van der Waals surface area contributed by atoms with E-state index in [-0.39, 0.29) is 12.5 Å². The Morgan fingerprint density at radius 2 is 1.84 bits per heavy atom. The lowest BCUT2D eigenvalue weighted by molar-refractivity contribution is -0.137. The van der Waals surface area contributed by atoms with E-state index in [1.54, 1.807) is 4.90 Å². The number of hydrogen-bond acceptors (Lipinski definition) is 4. The average molecular weight is 272 g/mol. The molecule has 0 spiro atoms. The maximum absolute atomic E-state index is 11.8. The van der Waals surface area contributed by atoms with Crippen molar-refractivity contribution in [2.24, 2.45) is 5.73 Å². The lowest BCUT2D eigenvalue weighted by Crippen LogP contribution is -2.54. The molecule has 1 aliphatic rings. The van der Waals surface area contributed by atoms with E-state index in [2.05, 4.69) is 5.32 Å². The number of carbonyl (C=O) groups excluding carboxylic acids is 2. The van der Waals surface area contributed by atoms with Crippen molar-refractivity contribution in [2.75, 3.05) is 32.7 Å². The number of urea groups is 1. The number of piperazine rings is 1. The van der Waals surface area contributed by atoms with Gasteiger partial charge in [0, 0.05) is 32.7 Å². The minimum atomic E-state index is -0.824. The number of nitrogens with zero attached hydrogens (tertiary/aromatic N) is 2. The van der Waals surface area contributed by atoms with Crippen molar-refractivity contribution in [3.8, 4) is 0 Å². The lowest BCUT2D eigenvalue weighted by Gasteiger charge is -2.34. The van der Waals surface area contributed by atoms with Crippen molar-refractivity contribution in [3.05, 3.63) is 0 Å². The van der Waals surface area contributed by atoms with Gasteiger partial charge in [0.05, 0.1) is 6.42 Å². The van der Waals surface area contributed by atoms with Gasteiger partial charge < -0.3 is 21.1 Å². The van der Waals surface area contributed by atoms with E-state index >= 15 is 0 Å². The van der Waals surface area contributed by atoms with Crippen LogP contribution < -0.4 is 11.1 Å². The van der Waals surface area contributed by atoms with E-state index in [0.29, 0.717) is 32.7 Å². The topological polar surface area (TPSA) is 116 Å². The molecular weight excluding hydrogens is 252 g/mol. The quantitative estimate of drug-likeness (QED) is 0.573. The highest BCUT2D eigenvalue weighted by atomic mass is 16.4. The Kier molecular flexibility index (Phi) is 5.56. The maximum Gasteiger partial charge on any atom is 0.318 e. The summed E-state index contributed by atoms with van der Waals surface area (Å²) in [6.07, 6.45) is 0.102. The standard InChI is InChI=1S/C11H20N4O4/c1-8(10(12)18)13-11(19)15-6-4-14(5-7-15)3-2-9(16)17/h8H,2-7H2,1H3,(H2,12,18)(H,13,19)(H,16,17). The number of nitrogens with two attached hydrogens (primary N) is 1. The summed E-state index contributed by atoms with van der Waals surface area (Å²) in [6, 6.07) is -1.01. The Balaban J connectivity index is 2.31. The van der Waals surface area contributed by atoms with Crippen LogP contribution in [-0.4, -0.2) is 71.6 Å². The van der Waals surface area contributed by atoms with E-state index in [0.717, 1.165) is 0 Å². The first kappa shape index (κ1) is 15.2. The second-order valence-electron chi connectivity index (χ2n) is 4.55. The van der Waals surface area contributed by atoms with Crippen LogP contribution in [0.1, 0.15) is 13.3 Å². The van der Waals surface area contributed by atoms with Gasteiger partial charge in [0.15, 0.2) is 0 Å². The van der Waals surface area contributed by atoms with Gasteiger partial charge in [-0.05, 0) is 6.92 Å². The van der Waals surface area contributed by atoms with Gasteiger partial charge in [-0.2, -0.15) is 0 Å². The third-order valence-electron chi connectivity index (χ3n) is 3.07. The fourth-order valence-electron chi connectivity index (χ4n) is 1.78. The third kappa shape index (κ3) is 5.12. The predicted molar refractivity (Wildman–Crippen MR) is 67.5 cm³/mol. The van der Waals surface area contributed by atoms with Crippen LogP contribution in [0, 0.1) is 0 Å². The fraction of sp³-hybridized carbons (Fsp3) is 0.727. The first-order valence-electron chi connectivity index (χ1n) is 6.19. The molecule has 1 rings (SSSR count). The molecule has 8 nitrogen and oxygen atoms in total. The average Bonchev–Trinajstić information content (AvgIpc) is 2.36. The Hall–Kier alpha value is -1.83. The molecule has 1 aliphatic heterocycles. The van der Waals surface area contributed by atoms with Gasteiger partial charge in [0.25, 0.3) is 0 Å². The summed E-state index contributed by atoms with van der Waals surface area (Å²) in [5.41, 5.74) is 5.07. The normalized spacial score (nSPS) is 17.8. The number of carboxylic acid groups (broad SMARTS) is 1. The van der Waals surface area contributed by atoms with Crippen molar-refractivity contribution < 1.29 is 19.5 Å². The number of rotatable bonds is 5. The summed E-state index contributed by atoms with van der Waals surface area (Å²) in [7, 11) is 0. The minimum absolute atomic E-state index is 0.102. The van der Waals surface area contributed by atoms with E-state index in [1.807, 2.05) is 4.90 Å². The zero-order chi connectivity index (χ0) is 14.4. The van der Waals surface area contributed by atoms with Gasteiger partial charge in [-0.1, -0.05) is 0 Å². The predicted octanol–water partition coefficient (Wildman–Crippen LogP) is -1.34. The summed E-state index contributed by atoms with van der Waals surface area (Å²) in [4.78, 5) is 36.7. The van der Waals surface area contributed by atoms with Gasteiger partial charge in [-0.3, -0.25) is 14.5 Å². The molecule has 0 aromatic carbocycles. The van der Waals surface area contributed by atoms with Gasteiger partial charge in [-0.15, -0.1) is 0 Å². The van der Waals surface area contributed by atoms with E-state index < -0.39 is 17.9 Å². The minimum Gasteiger partial charge on any atom is -0.481 e. The van der Waals surface area contributed by atoms with Crippen molar-refractivity contribution in [1.29, 1.82) is 0 Å². The number of carboxylic acids is 1. The monoisotopic (exact) mass is 272 g/mol. The van der Waals surface area contributed by atoms with Crippen LogP contribution >= 0.6 is 0 Å². The van der Waals surface area contributed by atoms with E-state index in [9.17, 15) is 14.4 Å². The molecule has 1 heterocycles. The Morgan fingerprint density at radius 1 is 1.26 bits per heavy atom. The molecule has 1 unspecified atom stereocenters. The number of nitrogens with one attached hydrogen (secondary N) is 1. The summed E-state index contributed by atoms with van der Waals surface area (Å²) in [5, 5.41) is 11.1.